The standard InChI is InChI=1S/C14H12FN3O2S/c1-10(13-4-2-3-5-14(13)15)18-21(19,20)12-7-6-11(8-16)17-9-12/h2-7,9-10,18H,1H3. The number of pyridine rings is 1. The molecule has 108 valence electrons. The van der Waals surface area contributed by atoms with Gasteiger partial charge in [0.05, 0.1) is 0 Å². The van der Waals surface area contributed by atoms with E-state index in [0.717, 1.165) is 6.20 Å². The molecule has 1 heterocycles. The molecule has 2 rings (SSSR count). The molecule has 0 aliphatic carbocycles. The maximum atomic E-state index is 13.6. The van der Waals surface area contributed by atoms with Gasteiger partial charge in [0.1, 0.15) is 22.5 Å². The molecule has 7 heteroatoms. The first-order chi connectivity index (χ1) is 9.94. The fourth-order valence-corrected chi connectivity index (χ4v) is 2.96. The minimum atomic E-state index is -3.84. The summed E-state index contributed by atoms with van der Waals surface area (Å²) >= 11 is 0. The molecule has 1 unspecified atom stereocenters. The molecule has 1 atom stereocenters. The molecule has 5 nitrogen and oxygen atoms in total. The lowest BCUT2D eigenvalue weighted by Crippen LogP contribution is -2.27. The Hall–Kier alpha value is -2.30. The third-order valence-electron chi connectivity index (χ3n) is 2.86. The summed E-state index contributed by atoms with van der Waals surface area (Å²) in [5.74, 6) is -0.481. The van der Waals surface area contributed by atoms with E-state index >= 15 is 0 Å². The highest BCUT2D eigenvalue weighted by Gasteiger charge is 2.20. The van der Waals surface area contributed by atoms with Crippen LogP contribution in [0.25, 0.3) is 0 Å². The van der Waals surface area contributed by atoms with Gasteiger partial charge < -0.3 is 0 Å². The summed E-state index contributed by atoms with van der Waals surface area (Å²) in [7, 11) is -3.84. The highest BCUT2D eigenvalue weighted by atomic mass is 32.2. The third kappa shape index (κ3) is 3.42. The van der Waals surface area contributed by atoms with Gasteiger partial charge in [-0.1, -0.05) is 18.2 Å². The summed E-state index contributed by atoms with van der Waals surface area (Å²) in [4.78, 5) is 3.63. The lowest BCUT2D eigenvalue weighted by atomic mass is 10.1. The van der Waals surface area contributed by atoms with Gasteiger partial charge in [-0.05, 0) is 25.1 Å². The Balaban J connectivity index is 2.25. The lowest BCUT2D eigenvalue weighted by molar-refractivity contribution is 0.550. The van der Waals surface area contributed by atoms with Gasteiger partial charge in [-0.2, -0.15) is 5.26 Å². The zero-order valence-corrected chi connectivity index (χ0v) is 11.9. The molecule has 0 saturated carbocycles. The average Bonchev–Trinajstić information content (AvgIpc) is 2.47. The number of nitrogens with zero attached hydrogens (tertiary/aromatic N) is 2. The number of aromatic nitrogens is 1. The van der Waals surface area contributed by atoms with E-state index in [1.54, 1.807) is 19.1 Å². The van der Waals surface area contributed by atoms with E-state index in [-0.39, 0.29) is 16.2 Å². The van der Waals surface area contributed by atoms with Crippen LogP contribution < -0.4 is 4.72 Å². The second-order valence-corrected chi connectivity index (χ2v) is 6.07. The highest BCUT2D eigenvalue weighted by molar-refractivity contribution is 7.89. The summed E-state index contributed by atoms with van der Waals surface area (Å²) in [6.45, 7) is 1.55. The first-order valence-corrected chi connectivity index (χ1v) is 7.55. The van der Waals surface area contributed by atoms with Crippen LogP contribution in [-0.2, 0) is 10.0 Å². The van der Waals surface area contributed by atoms with E-state index in [1.807, 2.05) is 0 Å². The van der Waals surface area contributed by atoms with Gasteiger partial charge in [0, 0.05) is 17.8 Å². The summed E-state index contributed by atoms with van der Waals surface area (Å²) in [5.41, 5.74) is 0.374. The van der Waals surface area contributed by atoms with Crippen molar-refractivity contribution in [1.82, 2.24) is 9.71 Å². The fourth-order valence-electron chi connectivity index (χ4n) is 1.80. The fraction of sp³-hybridized carbons (Fsp3) is 0.143. The molecule has 0 amide bonds. The molecule has 21 heavy (non-hydrogen) atoms. The first kappa shape index (κ1) is 15.1. The zero-order valence-electron chi connectivity index (χ0n) is 11.1. The molecule has 0 aliphatic rings. The number of hydrogen-bond donors (Lipinski definition) is 1. The SMILES string of the molecule is CC(NS(=O)(=O)c1ccc(C#N)nc1)c1ccccc1F. The largest absolute Gasteiger partial charge is 0.244 e. The van der Waals surface area contributed by atoms with Gasteiger partial charge in [-0.15, -0.1) is 0 Å². The summed E-state index contributed by atoms with van der Waals surface area (Å²) in [6, 6.07) is 9.61. The predicted molar refractivity (Wildman–Crippen MR) is 74.1 cm³/mol. The highest BCUT2D eigenvalue weighted by Crippen LogP contribution is 2.19. The molecule has 0 fully saturated rings. The number of sulfonamides is 1. The number of hydrogen-bond acceptors (Lipinski definition) is 4. The Morgan fingerprint density at radius 3 is 2.57 bits per heavy atom. The van der Waals surface area contributed by atoms with Crippen LogP contribution in [0.2, 0.25) is 0 Å². The Morgan fingerprint density at radius 2 is 2.00 bits per heavy atom. The van der Waals surface area contributed by atoms with Crippen LogP contribution in [0.5, 0.6) is 0 Å². The van der Waals surface area contributed by atoms with Gasteiger partial charge in [-0.25, -0.2) is 22.5 Å². The zero-order chi connectivity index (χ0) is 15.5. The van der Waals surface area contributed by atoms with Crippen molar-refractivity contribution in [2.75, 3.05) is 0 Å². The Labute approximate surface area is 122 Å². The predicted octanol–water partition coefficient (Wildman–Crippen LogP) is 2.13. The number of nitriles is 1. The quantitative estimate of drug-likeness (QED) is 0.938. The van der Waals surface area contributed by atoms with Crippen molar-refractivity contribution in [1.29, 1.82) is 5.26 Å². The topological polar surface area (TPSA) is 82.9 Å². The minimum absolute atomic E-state index is 0.0790. The molecule has 0 aliphatic heterocycles. The smallest absolute Gasteiger partial charge is 0.242 e. The van der Waals surface area contributed by atoms with Crippen molar-refractivity contribution < 1.29 is 12.8 Å². The number of nitrogens with one attached hydrogen (secondary N) is 1. The average molecular weight is 305 g/mol. The Kier molecular flexibility index (Phi) is 4.31. The van der Waals surface area contributed by atoms with E-state index in [2.05, 4.69) is 9.71 Å². The Bertz CT molecular complexity index is 783. The molecule has 0 saturated heterocycles. The first-order valence-electron chi connectivity index (χ1n) is 6.07. The monoisotopic (exact) mass is 305 g/mol. The van der Waals surface area contributed by atoms with Crippen molar-refractivity contribution in [3.05, 3.63) is 59.7 Å². The van der Waals surface area contributed by atoms with Crippen LogP contribution in [0.3, 0.4) is 0 Å². The van der Waals surface area contributed by atoms with E-state index in [0.29, 0.717) is 0 Å². The van der Waals surface area contributed by atoms with E-state index < -0.39 is 21.9 Å². The van der Waals surface area contributed by atoms with Gasteiger partial charge in [0.2, 0.25) is 10.0 Å². The molecule has 0 spiro atoms. The molecule has 1 aromatic heterocycles. The molecular formula is C14H12FN3O2S. The van der Waals surface area contributed by atoms with Gasteiger partial charge >= 0.3 is 0 Å². The second kappa shape index (κ2) is 5.99. The van der Waals surface area contributed by atoms with Gasteiger partial charge in [0.25, 0.3) is 0 Å². The molecule has 2 aromatic rings. The summed E-state index contributed by atoms with van der Waals surface area (Å²) < 4.78 is 40.4. The molecule has 1 N–H and O–H groups in total. The van der Waals surface area contributed by atoms with Crippen molar-refractivity contribution in [2.45, 2.75) is 17.9 Å². The van der Waals surface area contributed by atoms with Crippen LogP contribution in [0.1, 0.15) is 24.2 Å². The minimum Gasteiger partial charge on any atom is -0.244 e. The maximum absolute atomic E-state index is 13.6. The van der Waals surface area contributed by atoms with Crippen LogP contribution in [0.15, 0.2) is 47.5 Å². The van der Waals surface area contributed by atoms with Crippen molar-refractivity contribution in [3.8, 4) is 6.07 Å². The molecule has 0 radical (unpaired) electrons. The number of halogens is 1. The van der Waals surface area contributed by atoms with Crippen LogP contribution >= 0.6 is 0 Å². The summed E-state index contributed by atoms with van der Waals surface area (Å²) in [6.07, 6.45) is 1.09. The van der Waals surface area contributed by atoms with Crippen molar-refractivity contribution >= 4 is 10.0 Å². The summed E-state index contributed by atoms with van der Waals surface area (Å²) in [5, 5.41) is 8.64. The van der Waals surface area contributed by atoms with Crippen molar-refractivity contribution in [2.24, 2.45) is 0 Å². The van der Waals surface area contributed by atoms with Crippen molar-refractivity contribution in [3.63, 3.8) is 0 Å². The Morgan fingerprint density at radius 1 is 1.29 bits per heavy atom. The molecular weight excluding hydrogens is 293 g/mol. The van der Waals surface area contributed by atoms with E-state index in [4.69, 9.17) is 5.26 Å². The molecule has 1 aromatic carbocycles. The van der Waals surface area contributed by atoms with E-state index in [9.17, 15) is 12.8 Å². The second-order valence-electron chi connectivity index (χ2n) is 4.36. The van der Waals surface area contributed by atoms with E-state index in [1.165, 1.54) is 30.3 Å². The van der Waals surface area contributed by atoms with Crippen LogP contribution in [0, 0.1) is 17.1 Å². The van der Waals surface area contributed by atoms with Crippen LogP contribution in [0.4, 0.5) is 4.39 Å². The lowest BCUT2D eigenvalue weighted by Gasteiger charge is -2.15. The number of rotatable bonds is 4. The van der Waals surface area contributed by atoms with Crippen LogP contribution in [-0.4, -0.2) is 13.4 Å². The molecule has 0 bridgehead atoms. The maximum Gasteiger partial charge on any atom is 0.242 e. The third-order valence-corrected chi connectivity index (χ3v) is 4.39. The normalized spacial score (nSPS) is 12.6. The number of benzene rings is 1. The van der Waals surface area contributed by atoms with Gasteiger partial charge in [-0.3, -0.25) is 0 Å². The van der Waals surface area contributed by atoms with Gasteiger partial charge in [0.15, 0.2) is 0 Å².